The van der Waals surface area contributed by atoms with Gasteiger partial charge in [-0.3, -0.25) is 9.59 Å². The van der Waals surface area contributed by atoms with Gasteiger partial charge in [0.2, 0.25) is 0 Å². The van der Waals surface area contributed by atoms with E-state index in [1.807, 2.05) is 30.3 Å². The molecule has 0 aliphatic heterocycles. The summed E-state index contributed by atoms with van der Waals surface area (Å²) in [6.07, 6.45) is 19.8. The Labute approximate surface area is 253 Å². The third kappa shape index (κ3) is 10.6. The molecule has 0 aliphatic rings. The van der Waals surface area contributed by atoms with Gasteiger partial charge in [-0.2, -0.15) is 0 Å². The van der Waals surface area contributed by atoms with E-state index in [2.05, 4.69) is 52.0 Å². The van der Waals surface area contributed by atoms with Crippen LogP contribution in [0.3, 0.4) is 0 Å². The van der Waals surface area contributed by atoms with E-state index < -0.39 is 17.9 Å². The second kappa shape index (κ2) is 17.1. The molecule has 3 aromatic carbocycles. The zero-order valence-electron chi connectivity index (χ0n) is 26.4. The Hall–Kier alpha value is -3.14. The monoisotopic (exact) mass is 572 g/mol. The van der Waals surface area contributed by atoms with Crippen molar-refractivity contribution in [3.8, 4) is 5.75 Å². The summed E-state index contributed by atoms with van der Waals surface area (Å²) in [6, 6.07) is 16.2. The van der Waals surface area contributed by atoms with Gasteiger partial charge in [-0.1, -0.05) is 147 Å². The number of rotatable bonds is 18. The molecule has 0 spiro atoms. The topological polar surface area (TPSA) is 63.6 Å². The van der Waals surface area contributed by atoms with Crippen LogP contribution in [-0.4, -0.2) is 17.0 Å². The molecule has 228 valence electrons. The van der Waals surface area contributed by atoms with Crippen molar-refractivity contribution in [2.45, 2.75) is 123 Å². The summed E-state index contributed by atoms with van der Waals surface area (Å²) in [5.74, 6) is -1.93. The Kier molecular flexibility index (Phi) is 13.6. The van der Waals surface area contributed by atoms with Gasteiger partial charge in [-0.15, -0.1) is 0 Å². The van der Waals surface area contributed by atoms with Crippen LogP contribution >= 0.6 is 0 Å². The molecule has 1 atom stereocenters. The van der Waals surface area contributed by atoms with Gasteiger partial charge >= 0.3 is 11.9 Å². The van der Waals surface area contributed by atoms with Crippen LogP contribution in [0.25, 0.3) is 21.5 Å². The maximum atomic E-state index is 13.1. The number of allylic oxidation sites excluding steroid dienone is 1. The molecule has 0 aliphatic carbocycles. The summed E-state index contributed by atoms with van der Waals surface area (Å²) in [6.45, 7) is 8.72. The standard InChI is InChI=1S/C38H52O4/c1-5-6-7-8-9-10-11-12-13-14-15-16-17-18-22-31(37(40)41)27-35(39)42-36-33-23-20-19-21-29(33)26-30-24-25-32(28-34(30)36)38(2,3)4/h18-26,28,31H,5-17,27H2,1-4H3,(H,40,41). The van der Waals surface area contributed by atoms with Crippen LogP contribution in [0, 0.1) is 5.92 Å². The van der Waals surface area contributed by atoms with Crippen molar-refractivity contribution in [2.75, 3.05) is 0 Å². The average molecular weight is 573 g/mol. The summed E-state index contributed by atoms with van der Waals surface area (Å²) in [4.78, 5) is 25.1. The van der Waals surface area contributed by atoms with Gasteiger partial charge < -0.3 is 9.84 Å². The number of carbonyl (C=O) groups is 2. The molecule has 0 aromatic heterocycles. The van der Waals surface area contributed by atoms with Crippen LogP contribution in [-0.2, 0) is 15.0 Å². The van der Waals surface area contributed by atoms with Crippen LogP contribution in [0.2, 0.25) is 0 Å². The van der Waals surface area contributed by atoms with Crippen molar-refractivity contribution in [3.63, 3.8) is 0 Å². The van der Waals surface area contributed by atoms with Crippen molar-refractivity contribution in [1.29, 1.82) is 0 Å². The molecule has 3 rings (SSSR count). The first-order valence-corrected chi connectivity index (χ1v) is 16.3. The second-order valence-electron chi connectivity index (χ2n) is 12.8. The minimum absolute atomic E-state index is 0.0616. The Morgan fingerprint density at radius 3 is 2.00 bits per heavy atom. The fourth-order valence-corrected chi connectivity index (χ4v) is 5.53. The van der Waals surface area contributed by atoms with E-state index in [0.717, 1.165) is 46.4 Å². The number of carboxylic acids is 1. The van der Waals surface area contributed by atoms with Crippen molar-refractivity contribution in [3.05, 3.63) is 66.2 Å². The molecule has 4 nitrogen and oxygen atoms in total. The minimum atomic E-state index is -1.00. The lowest BCUT2D eigenvalue weighted by atomic mass is 9.85. The van der Waals surface area contributed by atoms with Gasteiger partial charge in [-0.05, 0) is 46.7 Å². The largest absolute Gasteiger partial charge is 0.481 e. The van der Waals surface area contributed by atoms with Gasteiger partial charge in [0.1, 0.15) is 5.75 Å². The Morgan fingerprint density at radius 1 is 0.786 bits per heavy atom. The highest BCUT2D eigenvalue weighted by molar-refractivity contribution is 6.06. The quantitative estimate of drug-likeness (QED) is 0.0541. The number of carboxylic acid groups (broad SMARTS) is 1. The molecule has 0 amide bonds. The number of hydrogen-bond donors (Lipinski definition) is 1. The van der Waals surface area contributed by atoms with Gasteiger partial charge in [-0.25, -0.2) is 0 Å². The Morgan fingerprint density at radius 2 is 1.38 bits per heavy atom. The minimum Gasteiger partial charge on any atom is -0.481 e. The third-order valence-corrected chi connectivity index (χ3v) is 8.19. The molecule has 0 radical (unpaired) electrons. The molecule has 3 aromatic rings. The maximum Gasteiger partial charge on any atom is 0.312 e. The molecular weight excluding hydrogens is 520 g/mol. The number of esters is 1. The van der Waals surface area contributed by atoms with E-state index in [1.165, 1.54) is 64.2 Å². The molecule has 0 fully saturated rings. The first-order valence-electron chi connectivity index (χ1n) is 16.3. The SMILES string of the molecule is CCCCCCCCCCCCCCC=CC(CC(=O)Oc1c2ccccc2cc2ccc(C(C)(C)C)cc12)C(=O)O. The molecule has 0 saturated heterocycles. The van der Waals surface area contributed by atoms with Crippen molar-refractivity contribution in [2.24, 2.45) is 5.92 Å². The lowest BCUT2D eigenvalue weighted by molar-refractivity contribution is -0.145. The van der Waals surface area contributed by atoms with E-state index in [1.54, 1.807) is 6.08 Å². The van der Waals surface area contributed by atoms with Crippen LogP contribution < -0.4 is 4.74 Å². The molecule has 0 heterocycles. The zero-order valence-corrected chi connectivity index (χ0v) is 26.4. The first-order chi connectivity index (χ1) is 20.2. The highest BCUT2D eigenvalue weighted by Crippen LogP contribution is 2.37. The van der Waals surface area contributed by atoms with Gasteiger partial charge in [0.05, 0.1) is 12.3 Å². The van der Waals surface area contributed by atoms with Crippen molar-refractivity contribution < 1.29 is 19.4 Å². The number of benzene rings is 3. The Bertz CT molecular complexity index is 1310. The normalized spacial score (nSPS) is 12.8. The third-order valence-electron chi connectivity index (χ3n) is 8.19. The van der Waals surface area contributed by atoms with E-state index >= 15 is 0 Å². The molecule has 42 heavy (non-hydrogen) atoms. The highest BCUT2D eigenvalue weighted by atomic mass is 16.5. The number of carbonyl (C=O) groups excluding carboxylic acids is 1. The second-order valence-corrected chi connectivity index (χ2v) is 12.8. The fraction of sp³-hybridized carbons (Fsp3) is 0.526. The summed E-state index contributed by atoms with van der Waals surface area (Å²) < 4.78 is 5.98. The molecule has 1 unspecified atom stereocenters. The summed E-state index contributed by atoms with van der Waals surface area (Å²) in [5, 5.41) is 13.5. The maximum absolute atomic E-state index is 13.1. The highest BCUT2D eigenvalue weighted by Gasteiger charge is 2.22. The fourth-order valence-electron chi connectivity index (χ4n) is 5.53. The molecule has 0 bridgehead atoms. The predicted octanol–water partition coefficient (Wildman–Crippen LogP) is 10.9. The molecule has 1 N–H and O–H groups in total. The van der Waals surface area contributed by atoms with E-state index in [0.29, 0.717) is 5.75 Å². The van der Waals surface area contributed by atoms with Gasteiger partial charge in [0.15, 0.2) is 0 Å². The predicted molar refractivity (Wildman–Crippen MR) is 176 cm³/mol. The molecule has 4 heteroatoms. The van der Waals surface area contributed by atoms with Gasteiger partial charge in [0, 0.05) is 10.8 Å². The smallest absolute Gasteiger partial charge is 0.312 e. The lowest BCUT2D eigenvalue weighted by Gasteiger charge is -2.21. The van der Waals surface area contributed by atoms with Crippen molar-refractivity contribution >= 4 is 33.5 Å². The summed E-state index contributed by atoms with van der Waals surface area (Å²) in [5.41, 5.74) is 1.08. The van der Waals surface area contributed by atoms with Crippen molar-refractivity contribution in [1.82, 2.24) is 0 Å². The number of hydrogen-bond acceptors (Lipinski definition) is 3. The number of aliphatic carboxylic acids is 1. The van der Waals surface area contributed by atoms with E-state index in [9.17, 15) is 14.7 Å². The van der Waals surface area contributed by atoms with Crippen LogP contribution in [0.5, 0.6) is 5.75 Å². The summed E-state index contributed by atoms with van der Waals surface area (Å²) in [7, 11) is 0. The summed E-state index contributed by atoms with van der Waals surface area (Å²) >= 11 is 0. The Balaban J connectivity index is 1.52. The number of unbranched alkanes of at least 4 members (excludes halogenated alkanes) is 12. The van der Waals surface area contributed by atoms with Gasteiger partial charge in [0.25, 0.3) is 0 Å². The zero-order chi connectivity index (χ0) is 30.4. The molecule has 0 saturated carbocycles. The molecular formula is C38H52O4. The van der Waals surface area contributed by atoms with E-state index in [-0.39, 0.29) is 11.8 Å². The lowest BCUT2D eigenvalue weighted by Crippen LogP contribution is -2.19. The number of ether oxygens (including phenoxy) is 1. The van der Waals surface area contributed by atoms with Crippen LogP contribution in [0.15, 0.2) is 60.7 Å². The van der Waals surface area contributed by atoms with Crippen LogP contribution in [0.4, 0.5) is 0 Å². The first kappa shape index (κ1) is 33.4. The van der Waals surface area contributed by atoms with E-state index in [4.69, 9.17) is 4.74 Å². The average Bonchev–Trinajstić information content (AvgIpc) is 2.95. The number of fused-ring (bicyclic) bond motifs is 2. The van der Waals surface area contributed by atoms with Crippen LogP contribution in [0.1, 0.15) is 123 Å².